The number of carbonyl (C=O) groups excluding carboxylic acids is 1. The molecular weight excluding hydrogens is 457 g/mol. The lowest BCUT2D eigenvalue weighted by atomic mass is 9.97. The molecule has 0 aliphatic carbocycles. The highest BCUT2D eigenvalue weighted by Gasteiger charge is 2.28. The number of pyridine rings is 1. The summed E-state index contributed by atoms with van der Waals surface area (Å²) in [7, 11) is 0. The lowest BCUT2D eigenvalue weighted by molar-refractivity contribution is -0.125. The number of benzene rings is 2. The van der Waals surface area contributed by atoms with Crippen LogP contribution in [0.15, 0.2) is 71.7 Å². The first-order valence-electron chi connectivity index (χ1n) is 12.2. The molecule has 5 rings (SSSR count). The number of carbonyl (C=O) groups is 1. The highest BCUT2D eigenvalue weighted by molar-refractivity contribution is 5.79. The Morgan fingerprint density at radius 3 is 2.75 bits per heavy atom. The monoisotopic (exact) mass is 485 g/mol. The number of aryl methyl sites for hydroxylation is 1. The minimum atomic E-state index is -0.329. The molecule has 0 radical (unpaired) electrons. The molecule has 0 spiro atoms. The van der Waals surface area contributed by atoms with Crippen LogP contribution in [0.3, 0.4) is 0 Å². The zero-order valence-electron chi connectivity index (χ0n) is 20.2. The topological polar surface area (TPSA) is 80.1 Å². The second kappa shape index (κ2) is 10.3. The standard InChI is InChI=1S/C28H28FN5O2/c1-19-9-11-20(12-10-19)17-34-25-24(8-3-13-30-25)32-26(28(34)36)33-14-4-6-22(18-33)27(35)31-16-21-5-2-7-23(29)15-21/h2-3,5,7-13,15,22H,4,6,14,16-18H2,1H3,(H,31,35). The van der Waals surface area contributed by atoms with Crippen molar-refractivity contribution in [1.82, 2.24) is 19.9 Å². The molecule has 3 heterocycles. The van der Waals surface area contributed by atoms with Crippen LogP contribution in [0.1, 0.15) is 29.5 Å². The molecule has 1 atom stereocenters. The van der Waals surface area contributed by atoms with E-state index in [1.165, 1.54) is 12.1 Å². The summed E-state index contributed by atoms with van der Waals surface area (Å²) >= 11 is 0. The average Bonchev–Trinajstić information content (AvgIpc) is 2.90. The molecule has 2 aromatic carbocycles. The minimum Gasteiger partial charge on any atom is -0.352 e. The number of hydrogen-bond donors (Lipinski definition) is 1. The molecule has 1 N–H and O–H groups in total. The van der Waals surface area contributed by atoms with Crippen molar-refractivity contribution in [3.05, 3.63) is 99.7 Å². The van der Waals surface area contributed by atoms with E-state index in [4.69, 9.17) is 0 Å². The Morgan fingerprint density at radius 1 is 1.11 bits per heavy atom. The molecule has 0 saturated carbocycles. The summed E-state index contributed by atoms with van der Waals surface area (Å²) in [5, 5.41) is 2.91. The summed E-state index contributed by atoms with van der Waals surface area (Å²) in [5.41, 5.74) is 3.81. The van der Waals surface area contributed by atoms with Crippen molar-refractivity contribution in [2.75, 3.05) is 18.0 Å². The van der Waals surface area contributed by atoms with E-state index in [-0.39, 0.29) is 29.7 Å². The molecule has 36 heavy (non-hydrogen) atoms. The van der Waals surface area contributed by atoms with Gasteiger partial charge in [0.05, 0.1) is 12.5 Å². The molecule has 4 aromatic rings. The van der Waals surface area contributed by atoms with Crippen molar-refractivity contribution >= 4 is 22.9 Å². The SMILES string of the molecule is Cc1ccc(Cn2c(=O)c(N3CCCC(C(=O)NCc4cccc(F)c4)C3)nc3cccnc32)cc1. The molecule has 184 valence electrons. The summed E-state index contributed by atoms with van der Waals surface area (Å²) in [4.78, 5) is 37.6. The molecule has 2 aromatic heterocycles. The van der Waals surface area contributed by atoms with Crippen LogP contribution in [-0.4, -0.2) is 33.5 Å². The zero-order chi connectivity index (χ0) is 25.1. The number of amides is 1. The van der Waals surface area contributed by atoms with Crippen molar-refractivity contribution in [2.24, 2.45) is 5.92 Å². The fraction of sp³-hybridized carbons (Fsp3) is 0.286. The highest BCUT2D eigenvalue weighted by Crippen LogP contribution is 2.22. The normalized spacial score (nSPS) is 15.7. The number of piperidine rings is 1. The van der Waals surface area contributed by atoms with E-state index in [2.05, 4.69) is 15.3 Å². The third-order valence-corrected chi connectivity index (χ3v) is 6.59. The average molecular weight is 486 g/mol. The zero-order valence-corrected chi connectivity index (χ0v) is 20.2. The molecule has 1 amide bonds. The molecular formula is C28H28FN5O2. The van der Waals surface area contributed by atoms with E-state index in [0.717, 1.165) is 24.0 Å². The molecule has 1 aliphatic rings. The van der Waals surface area contributed by atoms with Gasteiger partial charge in [-0.1, -0.05) is 42.0 Å². The third kappa shape index (κ3) is 5.12. The van der Waals surface area contributed by atoms with Crippen molar-refractivity contribution < 1.29 is 9.18 Å². The lowest BCUT2D eigenvalue weighted by Gasteiger charge is -2.32. The molecule has 1 fully saturated rings. The van der Waals surface area contributed by atoms with Crippen molar-refractivity contribution in [3.8, 4) is 0 Å². The van der Waals surface area contributed by atoms with Crippen LogP contribution in [0, 0.1) is 18.7 Å². The molecule has 0 bridgehead atoms. The Labute approximate surface area is 208 Å². The predicted octanol–water partition coefficient (Wildman–Crippen LogP) is 3.82. The van der Waals surface area contributed by atoms with Gasteiger partial charge in [-0.05, 0) is 55.2 Å². The maximum Gasteiger partial charge on any atom is 0.295 e. The van der Waals surface area contributed by atoms with Crippen molar-refractivity contribution in [1.29, 1.82) is 0 Å². The summed E-state index contributed by atoms with van der Waals surface area (Å²) in [6.45, 7) is 3.71. The van der Waals surface area contributed by atoms with Crippen LogP contribution >= 0.6 is 0 Å². The number of anilines is 1. The maximum atomic E-state index is 13.7. The van der Waals surface area contributed by atoms with Crippen LogP contribution in [0.2, 0.25) is 0 Å². The quantitative estimate of drug-likeness (QED) is 0.449. The second-order valence-corrected chi connectivity index (χ2v) is 9.29. The number of aromatic nitrogens is 3. The first-order valence-corrected chi connectivity index (χ1v) is 12.2. The Balaban J connectivity index is 1.39. The molecule has 8 heteroatoms. The van der Waals surface area contributed by atoms with Gasteiger partial charge in [-0.2, -0.15) is 0 Å². The smallest absolute Gasteiger partial charge is 0.295 e. The maximum absolute atomic E-state index is 13.7. The summed E-state index contributed by atoms with van der Waals surface area (Å²) in [5.74, 6) is -0.385. The summed E-state index contributed by atoms with van der Waals surface area (Å²) < 4.78 is 15.1. The fourth-order valence-electron chi connectivity index (χ4n) is 4.66. The van der Waals surface area contributed by atoms with E-state index >= 15 is 0 Å². The van der Waals surface area contributed by atoms with Crippen LogP contribution in [0.5, 0.6) is 0 Å². The van der Waals surface area contributed by atoms with Gasteiger partial charge in [-0.3, -0.25) is 14.2 Å². The first-order chi connectivity index (χ1) is 17.5. The largest absolute Gasteiger partial charge is 0.352 e. The number of rotatable bonds is 6. The molecule has 1 unspecified atom stereocenters. The van der Waals surface area contributed by atoms with Gasteiger partial charge >= 0.3 is 0 Å². The fourth-order valence-corrected chi connectivity index (χ4v) is 4.66. The summed E-state index contributed by atoms with van der Waals surface area (Å²) in [6, 6.07) is 17.9. The van der Waals surface area contributed by atoms with Crippen LogP contribution in [-0.2, 0) is 17.9 Å². The molecule has 1 saturated heterocycles. The van der Waals surface area contributed by atoms with Gasteiger partial charge in [0.25, 0.3) is 5.56 Å². The van der Waals surface area contributed by atoms with E-state index in [0.29, 0.717) is 42.2 Å². The van der Waals surface area contributed by atoms with Crippen LogP contribution < -0.4 is 15.8 Å². The number of nitrogens with zero attached hydrogens (tertiary/aromatic N) is 4. The molecule has 7 nitrogen and oxygen atoms in total. The number of fused-ring (bicyclic) bond motifs is 1. The Bertz CT molecular complexity index is 1450. The Morgan fingerprint density at radius 2 is 1.94 bits per heavy atom. The van der Waals surface area contributed by atoms with E-state index in [1.807, 2.05) is 42.2 Å². The van der Waals surface area contributed by atoms with Gasteiger partial charge in [-0.15, -0.1) is 0 Å². The van der Waals surface area contributed by atoms with Crippen molar-refractivity contribution in [2.45, 2.75) is 32.9 Å². The van der Waals surface area contributed by atoms with Crippen molar-refractivity contribution in [3.63, 3.8) is 0 Å². The highest BCUT2D eigenvalue weighted by atomic mass is 19.1. The van der Waals surface area contributed by atoms with Gasteiger partial charge in [0, 0.05) is 25.8 Å². The number of nitrogens with one attached hydrogen (secondary N) is 1. The van der Waals surface area contributed by atoms with E-state index < -0.39 is 0 Å². The number of hydrogen-bond acceptors (Lipinski definition) is 5. The van der Waals surface area contributed by atoms with Crippen LogP contribution in [0.4, 0.5) is 10.2 Å². The third-order valence-electron chi connectivity index (χ3n) is 6.59. The van der Waals surface area contributed by atoms with E-state index in [1.54, 1.807) is 29.0 Å². The van der Waals surface area contributed by atoms with E-state index in [9.17, 15) is 14.0 Å². The van der Waals surface area contributed by atoms with Gasteiger partial charge in [-0.25, -0.2) is 14.4 Å². The van der Waals surface area contributed by atoms with Gasteiger partial charge in [0.2, 0.25) is 5.91 Å². The first kappa shape index (κ1) is 23.7. The van der Waals surface area contributed by atoms with Gasteiger partial charge in [0.1, 0.15) is 11.3 Å². The molecule has 1 aliphatic heterocycles. The Hall–Kier alpha value is -4.07. The number of halogens is 1. The lowest BCUT2D eigenvalue weighted by Crippen LogP contribution is -2.45. The Kier molecular flexibility index (Phi) is 6.75. The minimum absolute atomic E-state index is 0.105. The van der Waals surface area contributed by atoms with Crippen LogP contribution in [0.25, 0.3) is 11.2 Å². The van der Waals surface area contributed by atoms with Gasteiger partial charge in [0.15, 0.2) is 11.5 Å². The second-order valence-electron chi connectivity index (χ2n) is 9.29. The summed E-state index contributed by atoms with van der Waals surface area (Å²) in [6.07, 6.45) is 3.15. The van der Waals surface area contributed by atoms with Gasteiger partial charge < -0.3 is 10.2 Å². The predicted molar refractivity (Wildman–Crippen MR) is 137 cm³/mol.